The third-order valence-electron chi connectivity index (χ3n) is 4.04. The minimum Gasteiger partial charge on any atom is -0.308 e. The minimum absolute atomic E-state index is 0.0602. The summed E-state index contributed by atoms with van der Waals surface area (Å²) in [6.07, 6.45) is 7.18. The average molecular weight is 327 g/mol. The van der Waals surface area contributed by atoms with Crippen molar-refractivity contribution in [2.45, 2.75) is 19.9 Å². The molecule has 0 aliphatic carbocycles. The van der Waals surface area contributed by atoms with Gasteiger partial charge in [0.25, 0.3) is 5.56 Å². The van der Waals surface area contributed by atoms with Crippen molar-refractivity contribution in [3.05, 3.63) is 46.3 Å². The van der Waals surface area contributed by atoms with Crippen LogP contribution in [-0.2, 0) is 6.54 Å². The van der Waals surface area contributed by atoms with Crippen LogP contribution in [0.3, 0.4) is 0 Å². The van der Waals surface area contributed by atoms with E-state index in [0.717, 1.165) is 47.0 Å². The van der Waals surface area contributed by atoms with Crippen molar-refractivity contribution in [3.8, 4) is 10.4 Å². The highest BCUT2D eigenvalue weighted by atomic mass is 32.1. The van der Waals surface area contributed by atoms with E-state index in [1.165, 1.54) is 11.3 Å². The second-order valence-electron chi connectivity index (χ2n) is 5.74. The van der Waals surface area contributed by atoms with Crippen molar-refractivity contribution in [2.24, 2.45) is 0 Å². The van der Waals surface area contributed by atoms with Crippen LogP contribution in [0.15, 0.2) is 29.2 Å². The number of nitrogens with zero attached hydrogens (tertiary/aromatic N) is 3. The van der Waals surface area contributed by atoms with Gasteiger partial charge in [-0.25, -0.2) is 4.98 Å². The number of hydrogen-bond donors (Lipinski definition) is 2. The van der Waals surface area contributed by atoms with Crippen LogP contribution in [0.2, 0.25) is 0 Å². The standard InChI is InChI=1S/C16H17N5OS/c1-10-11(8-17-20-10)13-7-12-15(23-13)16(22)19-14(18-12)9-21-5-3-2-4-6-21/h2-3,7-8H,4-6,9H2,1H3,(H,17,20)(H,18,19,22). The first-order valence-electron chi connectivity index (χ1n) is 7.61. The highest BCUT2D eigenvalue weighted by Crippen LogP contribution is 2.31. The fraction of sp³-hybridized carbons (Fsp3) is 0.312. The lowest BCUT2D eigenvalue weighted by molar-refractivity contribution is 0.283. The average Bonchev–Trinajstić information content (AvgIpc) is 3.14. The predicted octanol–water partition coefficient (Wildman–Crippen LogP) is 2.45. The van der Waals surface area contributed by atoms with Crippen molar-refractivity contribution in [2.75, 3.05) is 13.1 Å². The van der Waals surface area contributed by atoms with Gasteiger partial charge in [-0.1, -0.05) is 12.2 Å². The monoisotopic (exact) mass is 327 g/mol. The molecule has 3 aromatic rings. The number of fused-ring (bicyclic) bond motifs is 1. The predicted molar refractivity (Wildman–Crippen MR) is 91.6 cm³/mol. The highest BCUT2D eigenvalue weighted by molar-refractivity contribution is 7.22. The van der Waals surface area contributed by atoms with Gasteiger partial charge >= 0.3 is 0 Å². The number of hydrogen-bond acceptors (Lipinski definition) is 5. The normalized spacial score (nSPS) is 15.5. The van der Waals surface area contributed by atoms with Crippen LogP contribution >= 0.6 is 11.3 Å². The van der Waals surface area contributed by atoms with Crippen LogP contribution in [0.5, 0.6) is 0 Å². The molecule has 0 atom stereocenters. The smallest absolute Gasteiger partial charge is 0.268 e. The number of H-pyrrole nitrogens is 2. The molecule has 118 valence electrons. The molecule has 0 bridgehead atoms. The van der Waals surface area contributed by atoms with E-state index in [0.29, 0.717) is 11.2 Å². The topological polar surface area (TPSA) is 77.7 Å². The van der Waals surface area contributed by atoms with Crippen molar-refractivity contribution in [1.82, 2.24) is 25.1 Å². The number of rotatable bonds is 3. The van der Waals surface area contributed by atoms with Gasteiger partial charge < -0.3 is 4.98 Å². The van der Waals surface area contributed by atoms with Gasteiger partial charge in [0.1, 0.15) is 10.5 Å². The molecule has 0 saturated carbocycles. The molecule has 4 rings (SSSR count). The molecule has 7 heteroatoms. The first-order chi connectivity index (χ1) is 11.2. The third kappa shape index (κ3) is 2.73. The molecule has 0 saturated heterocycles. The zero-order chi connectivity index (χ0) is 15.8. The summed E-state index contributed by atoms with van der Waals surface area (Å²) in [4.78, 5) is 23.2. The van der Waals surface area contributed by atoms with Crippen LogP contribution < -0.4 is 5.56 Å². The van der Waals surface area contributed by atoms with Crippen LogP contribution in [0, 0.1) is 6.92 Å². The molecule has 0 amide bonds. The molecule has 0 fully saturated rings. The molecule has 0 unspecified atom stereocenters. The van der Waals surface area contributed by atoms with Crippen LogP contribution in [0.4, 0.5) is 0 Å². The largest absolute Gasteiger partial charge is 0.308 e. The Hall–Kier alpha value is -2.25. The molecule has 4 heterocycles. The molecular weight excluding hydrogens is 310 g/mol. The summed E-state index contributed by atoms with van der Waals surface area (Å²) in [6.45, 7) is 4.55. The van der Waals surface area contributed by atoms with Gasteiger partial charge in [0, 0.05) is 29.2 Å². The Morgan fingerprint density at radius 2 is 2.30 bits per heavy atom. The van der Waals surface area contributed by atoms with Gasteiger partial charge in [0.05, 0.1) is 18.3 Å². The molecule has 2 N–H and O–H groups in total. The van der Waals surface area contributed by atoms with E-state index in [1.807, 2.05) is 13.0 Å². The zero-order valence-electron chi connectivity index (χ0n) is 12.8. The second kappa shape index (κ2) is 5.75. The van der Waals surface area contributed by atoms with Crippen molar-refractivity contribution >= 4 is 21.6 Å². The van der Waals surface area contributed by atoms with E-state index >= 15 is 0 Å². The van der Waals surface area contributed by atoms with E-state index < -0.39 is 0 Å². The van der Waals surface area contributed by atoms with E-state index in [2.05, 4.69) is 37.2 Å². The van der Waals surface area contributed by atoms with Gasteiger partial charge in [-0.15, -0.1) is 11.3 Å². The Morgan fingerprint density at radius 3 is 3.04 bits per heavy atom. The lowest BCUT2D eigenvalue weighted by atomic mass is 10.2. The Labute approximate surface area is 136 Å². The number of aromatic nitrogens is 4. The summed E-state index contributed by atoms with van der Waals surface area (Å²) in [6, 6.07) is 1.98. The summed E-state index contributed by atoms with van der Waals surface area (Å²) in [5.41, 5.74) is 2.72. The molecule has 1 aliphatic rings. The first kappa shape index (κ1) is 14.3. The van der Waals surface area contributed by atoms with Crippen molar-refractivity contribution < 1.29 is 0 Å². The minimum atomic E-state index is -0.0602. The lowest BCUT2D eigenvalue weighted by Gasteiger charge is -2.21. The molecule has 23 heavy (non-hydrogen) atoms. The van der Waals surface area contributed by atoms with Crippen LogP contribution in [-0.4, -0.2) is 38.2 Å². The van der Waals surface area contributed by atoms with E-state index in [1.54, 1.807) is 6.20 Å². The fourth-order valence-electron chi connectivity index (χ4n) is 2.84. The van der Waals surface area contributed by atoms with Gasteiger partial charge in [0.2, 0.25) is 0 Å². The molecule has 6 nitrogen and oxygen atoms in total. The van der Waals surface area contributed by atoms with E-state index in [-0.39, 0.29) is 5.56 Å². The van der Waals surface area contributed by atoms with Crippen LogP contribution in [0.25, 0.3) is 20.7 Å². The number of aromatic amines is 2. The summed E-state index contributed by atoms with van der Waals surface area (Å²) >= 11 is 1.46. The Balaban J connectivity index is 1.71. The van der Waals surface area contributed by atoms with Gasteiger partial charge in [-0.05, 0) is 19.4 Å². The molecule has 0 radical (unpaired) electrons. The quantitative estimate of drug-likeness (QED) is 0.724. The Morgan fingerprint density at radius 1 is 1.39 bits per heavy atom. The van der Waals surface area contributed by atoms with E-state index in [9.17, 15) is 4.79 Å². The molecule has 1 aliphatic heterocycles. The number of thiophene rings is 1. The first-order valence-corrected chi connectivity index (χ1v) is 8.43. The van der Waals surface area contributed by atoms with Crippen molar-refractivity contribution in [1.29, 1.82) is 0 Å². The maximum Gasteiger partial charge on any atom is 0.268 e. The summed E-state index contributed by atoms with van der Waals surface area (Å²) in [7, 11) is 0. The maximum atomic E-state index is 12.4. The molecule has 0 aromatic carbocycles. The highest BCUT2D eigenvalue weighted by Gasteiger charge is 2.14. The van der Waals surface area contributed by atoms with Gasteiger partial charge in [-0.3, -0.25) is 14.8 Å². The maximum absolute atomic E-state index is 12.4. The summed E-state index contributed by atoms with van der Waals surface area (Å²) in [5.74, 6) is 0.728. The summed E-state index contributed by atoms with van der Waals surface area (Å²) in [5, 5.41) is 6.98. The second-order valence-corrected chi connectivity index (χ2v) is 6.79. The number of nitrogens with one attached hydrogen (secondary N) is 2. The third-order valence-corrected chi connectivity index (χ3v) is 5.20. The SMILES string of the molecule is Cc1[nH]ncc1-c1cc2nc(CN3CC=CCC3)[nH]c(=O)c2s1. The lowest BCUT2D eigenvalue weighted by Crippen LogP contribution is -2.28. The zero-order valence-corrected chi connectivity index (χ0v) is 13.6. The molecular formula is C16H17N5OS. The number of aryl methyl sites for hydroxylation is 1. The fourth-order valence-corrected chi connectivity index (χ4v) is 3.90. The van der Waals surface area contributed by atoms with Crippen molar-refractivity contribution in [3.63, 3.8) is 0 Å². The summed E-state index contributed by atoms with van der Waals surface area (Å²) < 4.78 is 0.669. The van der Waals surface area contributed by atoms with Gasteiger partial charge in [-0.2, -0.15) is 5.10 Å². The molecule has 0 spiro atoms. The molecule has 3 aromatic heterocycles. The van der Waals surface area contributed by atoms with E-state index in [4.69, 9.17) is 0 Å². The van der Waals surface area contributed by atoms with Gasteiger partial charge in [0.15, 0.2) is 0 Å². The Kier molecular flexibility index (Phi) is 3.59. The Bertz CT molecular complexity index is 935. The van der Waals surface area contributed by atoms with Crippen LogP contribution in [0.1, 0.15) is 17.9 Å².